The summed E-state index contributed by atoms with van der Waals surface area (Å²) < 4.78 is 6.21. The minimum absolute atomic E-state index is 0.138. The number of hydrogen-bond acceptors (Lipinski definition) is 7. The third kappa shape index (κ3) is 4.80. The monoisotopic (exact) mass is 411 g/mol. The summed E-state index contributed by atoms with van der Waals surface area (Å²) in [5.74, 6) is -0.394. The second-order valence-corrected chi connectivity index (χ2v) is 7.46. The molecule has 3 aromatic rings. The van der Waals surface area contributed by atoms with Gasteiger partial charge in [0.1, 0.15) is 0 Å². The molecule has 0 saturated heterocycles. The first kappa shape index (κ1) is 20.5. The van der Waals surface area contributed by atoms with Crippen molar-refractivity contribution in [1.82, 2.24) is 20.2 Å². The number of benzene rings is 2. The summed E-state index contributed by atoms with van der Waals surface area (Å²) in [7, 11) is 1.33. The molecular weight excluding hydrogens is 390 g/mol. The highest BCUT2D eigenvalue weighted by atomic mass is 32.2. The fourth-order valence-corrected chi connectivity index (χ4v) is 3.66. The second-order valence-electron chi connectivity index (χ2n) is 6.52. The molecule has 0 aliphatic heterocycles. The summed E-state index contributed by atoms with van der Waals surface area (Å²) in [6, 6.07) is 10.8. The number of aromatic nitrogens is 4. The summed E-state index contributed by atoms with van der Waals surface area (Å²) in [5.41, 5.74) is 5.15. The molecule has 0 atom stereocenters. The van der Waals surface area contributed by atoms with Gasteiger partial charge in [-0.3, -0.25) is 4.79 Å². The lowest BCUT2D eigenvalue weighted by Gasteiger charge is -2.12. The molecule has 3 rings (SSSR count). The van der Waals surface area contributed by atoms with Gasteiger partial charge < -0.3 is 10.1 Å². The molecule has 0 bridgehead atoms. The largest absolute Gasteiger partial charge is 0.465 e. The molecule has 0 unspecified atom stereocenters. The van der Waals surface area contributed by atoms with Gasteiger partial charge in [-0.15, -0.1) is 5.10 Å². The Hall–Kier alpha value is -3.20. The molecule has 0 aliphatic carbocycles. The van der Waals surface area contributed by atoms with E-state index in [0.717, 1.165) is 22.4 Å². The predicted octanol–water partition coefficient (Wildman–Crippen LogP) is 3.10. The van der Waals surface area contributed by atoms with E-state index in [9.17, 15) is 9.59 Å². The van der Waals surface area contributed by atoms with Gasteiger partial charge in [0, 0.05) is 5.69 Å². The molecule has 9 heteroatoms. The molecule has 0 spiro atoms. The van der Waals surface area contributed by atoms with Crippen molar-refractivity contribution in [3.05, 3.63) is 58.7 Å². The number of nitrogens with one attached hydrogen (secondary N) is 1. The van der Waals surface area contributed by atoms with E-state index < -0.39 is 5.97 Å². The summed E-state index contributed by atoms with van der Waals surface area (Å²) in [4.78, 5) is 24.0. The van der Waals surface area contributed by atoms with Crippen LogP contribution >= 0.6 is 11.8 Å². The highest BCUT2D eigenvalue weighted by Gasteiger charge is 2.14. The van der Waals surface area contributed by atoms with Crippen LogP contribution in [0.2, 0.25) is 0 Å². The van der Waals surface area contributed by atoms with E-state index in [1.165, 1.54) is 23.6 Å². The van der Waals surface area contributed by atoms with E-state index in [4.69, 9.17) is 4.74 Å². The van der Waals surface area contributed by atoms with Crippen LogP contribution in [0.5, 0.6) is 0 Å². The normalized spacial score (nSPS) is 10.6. The molecule has 1 heterocycles. The van der Waals surface area contributed by atoms with Crippen LogP contribution < -0.4 is 5.32 Å². The van der Waals surface area contributed by atoms with E-state index in [0.29, 0.717) is 16.4 Å². The lowest BCUT2D eigenvalue weighted by molar-refractivity contribution is -0.113. The maximum absolute atomic E-state index is 12.4. The zero-order valence-corrected chi connectivity index (χ0v) is 17.4. The fraction of sp³-hybridized carbons (Fsp3) is 0.250. The first-order valence-corrected chi connectivity index (χ1v) is 9.85. The standard InChI is InChI=1S/C20H21N5O3S/c1-12-9-13(2)18(14(3)10-12)21-17(26)11-29-20-22-23-24-25(20)16-7-5-15(6-8-16)19(27)28-4/h5-10H,11H2,1-4H3,(H,21,26). The van der Waals surface area contributed by atoms with Crippen molar-refractivity contribution in [3.63, 3.8) is 0 Å². The van der Waals surface area contributed by atoms with Crippen LogP contribution in [0.25, 0.3) is 5.69 Å². The average molecular weight is 411 g/mol. The van der Waals surface area contributed by atoms with Crippen LogP contribution in [0, 0.1) is 20.8 Å². The number of methoxy groups -OCH3 is 1. The quantitative estimate of drug-likeness (QED) is 0.491. The third-order valence-corrected chi connectivity index (χ3v) is 5.17. The number of anilines is 1. The van der Waals surface area contributed by atoms with Gasteiger partial charge in [-0.05, 0) is 66.6 Å². The summed E-state index contributed by atoms with van der Waals surface area (Å²) in [6.07, 6.45) is 0. The first-order valence-electron chi connectivity index (χ1n) is 8.86. The van der Waals surface area contributed by atoms with Crippen molar-refractivity contribution in [2.45, 2.75) is 25.9 Å². The number of carbonyl (C=O) groups is 2. The van der Waals surface area contributed by atoms with Gasteiger partial charge in [0.15, 0.2) is 0 Å². The van der Waals surface area contributed by atoms with Crippen molar-refractivity contribution < 1.29 is 14.3 Å². The third-order valence-electron chi connectivity index (χ3n) is 4.25. The first-order chi connectivity index (χ1) is 13.9. The number of aryl methyl sites for hydroxylation is 3. The van der Waals surface area contributed by atoms with Gasteiger partial charge in [-0.1, -0.05) is 29.5 Å². The number of hydrogen-bond donors (Lipinski definition) is 1. The maximum Gasteiger partial charge on any atom is 0.337 e. The summed E-state index contributed by atoms with van der Waals surface area (Å²) >= 11 is 1.23. The van der Waals surface area contributed by atoms with E-state index >= 15 is 0 Å². The van der Waals surface area contributed by atoms with E-state index in [-0.39, 0.29) is 11.7 Å². The van der Waals surface area contributed by atoms with Gasteiger partial charge in [-0.2, -0.15) is 4.68 Å². The molecule has 0 radical (unpaired) electrons. The average Bonchev–Trinajstić information content (AvgIpc) is 3.17. The van der Waals surface area contributed by atoms with Crippen molar-refractivity contribution in [1.29, 1.82) is 0 Å². The van der Waals surface area contributed by atoms with Gasteiger partial charge in [0.2, 0.25) is 11.1 Å². The Balaban J connectivity index is 1.68. The number of amides is 1. The van der Waals surface area contributed by atoms with Crippen molar-refractivity contribution >= 4 is 29.3 Å². The molecule has 8 nitrogen and oxygen atoms in total. The Bertz CT molecular complexity index is 1020. The van der Waals surface area contributed by atoms with Gasteiger partial charge in [0.25, 0.3) is 0 Å². The number of tetrazole rings is 1. The van der Waals surface area contributed by atoms with Crippen LogP contribution in [0.15, 0.2) is 41.6 Å². The molecule has 0 aliphatic rings. The lowest BCUT2D eigenvalue weighted by atomic mass is 10.1. The van der Waals surface area contributed by atoms with Crippen LogP contribution in [0.4, 0.5) is 5.69 Å². The van der Waals surface area contributed by atoms with E-state index in [1.54, 1.807) is 24.3 Å². The van der Waals surface area contributed by atoms with Crippen LogP contribution in [-0.2, 0) is 9.53 Å². The summed E-state index contributed by atoms with van der Waals surface area (Å²) in [5, 5.41) is 15.1. The van der Waals surface area contributed by atoms with Crippen LogP contribution in [-0.4, -0.2) is 44.9 Å². The predicted molar refractivity (Wildman–Crippen MR) is 111 cm³/mol. The Morgan fingerprint density at radius 2 is 1.76 bits per heavy atom. The number of esters is 1. The van der Waals surface area contributed by atoms with Gasteiger partial charge in [0.05, 0.1) is 24.1 Å². The van der Waals surface area contributed by atoms with E-state index in [2.05, 4.69) is 20.8 Å². The lowest BCUT2D eigenvalue weighted by Crippen LogP contribution is -2.16. The minimum atomic E-state index is -0.416. The second kappa shape index (κ2) is 8.87. The topological polar surface area (TPSA) is 99.0 Å². The maximum atomic E-state index is 12.4. The fourth-order valence-electron chi connectivity index (χ4n) is 2.97. The molecule has 1 amide bonds. The van der Waals surface area contributed by atoms with Gasteiger partial charge >= 0.3 is 5.97 Å². The van der Waals surface area contributed by atoms with Crippen molar-refractivity contribution in [2.24, 2.45) is 0 Å². The smallest absolute Gasteiger partial charge is 0.337 e. The van der Waals surface area contributed by atoms with Crippen molar-refractivity contribution in [3.8, 4) is 5.69 Å². The number of ether oxygens (including phenoxy) is 1. The zero-order valence-electron chi connectivity index (χ0n) is 16.6. The van der Waals surface area contributed by atoms with Gasteiger partial charge in [-0.25, -0.2) is 4.79 Å². The Labute approximate surface area is 172 Å². The van der Waals surface area contributed by atoms with Crippen LogP contribution in [0.3, 0.4) is 0 Å². The SMILES string of the molecule is COC(=O)c1ccc(-n2nnnc2SCC(=O)Nc2c(C)cc(C)cc2C)cc1. The van der Waals surface area contributed by atoms with E-state index in [1.807, 2.05) is 32.9 Å². The summed E-state index contributed by atoms with van der Waals surface area (Å²) in [6.45, 7) is 5.97. The zero-order chi connectivity index (χ0) is 21.0. The highest BCUT2D eigenvalue weighted by molar-refractivity contribution is 7.99. The van der Waals surface area contributed by atoms with Crippen LogP contribution in [0.1, 0.15) is 27.0 Å². The minimum Gasteiger partial charge on any atom is -0.465 e. The molecule has 1 N–H and O–H groups in total. The molecule has 150 valence electrons. The highest BCUT2D eigenvalue weighted by Crippen LogP contribution is 2.23. The Kier molecular flexibility index (Phi) is 6.28. The Morgan fingerprint density at radius 3 is 2.38 bits per heavy atom. The molecular formula is C20H21N5O3S. The number of thioether (sulfide) groups is 1. The number of nitrogens with zero attached hydrogens (tertiary/aromatic N) is 4. The Morgan fingerprint density at radius 1 is 1.10 bits per heavy atom. The molecule has 2 aromatic carbocycles. The molecule has 29 heavy (non-hydrogen) atoms. The number of carbonyl (C=O) groups excluding carboxylic acids is 2. The number of rotatable bonds is 6. The molecule has 0 saturated carbocycles. The molecule has 0 fully saturated rings. The van der Waals surface area contributed by atoms with Crippen molar-refractivity contribution in [2.75, 3.05) is 18.2 Å². The molecule has 1 aromatic heterocycles.